The summed E-state index contributed by atoms with van der Waals surface area (Å²) >= 11 is 0. The summed E-state index contributed by atoms with van der Waals surface area (Å²) in [5, 5.41) is 2.68. The Balaban J connectivity index is 2.30. The lowest BCUT2D eigenvalue weighted by Crippen LogP contribution is -2.41. The molecular formula is C17H26N2O7. The minimum atomic E-state index is -1.06. The summed E-state index contributed by atoms with van der Waals surface area (Å²) in [6, 6.07) is -0.931. The molecule has 1 unspecified atom stereocenters. The molecule has 0 bridgehead atoms. The van der Waals surface area contributed by atoms with E-state index in [1.54, 1.807) is 0 Å². The molecule has 0 saturated carbocycles. The first-order valence-electron chi connectivity index (χ1n) is 8.52. The van der Waals surface area contributed by atoms with E-state index in [1.807, 2.05) is 0 Å². The third-order valence-corrected chi connectivity index (χ3v) is 3.55. The first-order valence-corrected chi connectivity index (χ1v) is 8.52. The number of hydrogen-bond acceptors (Lipinski definition) is 7. The van der Waals surface area contributed by atoms with Crippen molar-refractivity contribution in [3.63, 3.8) is 0 Å². The quantitative estimate of drug-likeness (QED) is 0.291. The van der Waals surface area contributed by atoms with Crippen molar-refractivity contribution in [3.05, 3.63) is 0 Å². The summed E-state index contributed by atoms with van der Waals surface area (Å²) in [6.07, 6.45) is 0.812. The number of nitrogens with one attached hydrogen (secondary N) is 1. The molecule has 1 N–H and O–H groups in total. The third-order valence-electron chi connectivity index (χ3n) is 3.55. The highest BCUT2D eigenvalue weighted by atomic mass is 16.7. The molecule has 0 aromatic carbocycles. The third kappa shape index (κ3) is 7.62. The largest absolute Gasteiger partial charge is 0.464 e. The monoisotopic (exact) mass is 370 g/mol. The van der Waals surface area contributed by atoms with Gasteiger partial charge in [-0.15, -0.1) is 5.06 Å². The Morgan fingerprint density at radius 3 is 2.27 bits per heavy atom. The van der Waals surface area contributed by atoms with Gasteiger partial charge in [0, 0.05) is 12.8 Å². The summed E-state index contributed by atoms with van der Waals surface area (Å²) in [5.74, 6) is -3.69. The van der Waals surface area contributed by atoms with E-state index in [-0.39, 0.29) is 24.9 Å². The second-order valence-electron chi connectivity index (χ2n) is 7.34. The van der Waals surface area contributed by atoms with Gasteiger partial charge >= 0.3 is 11.9 Å². The standard InChI is InChI=1S/C17H26N2O7/c1-11(16(24)25-9-5-8-17(2,3)4)18-12(20)10-15(23)26-19-13(21)6-7-14(19)22/h11H,5-10H2,1-4H3,(H,18,20). The predicted molar refractivity (Wildman–Crippen MR) is 89.0 cm³/mol. The van der Waals surface area contributed by atoms with Crippen LogP contribution >= 0.6 is 0 Å². The molecule has 9 nitrogen and oxygen atoms in total. The normalized spacial score (nSPS) is 15.6. The van der Waals surface area contributed by atoms with Gasteiger partial charge < -0.3 is 14.9 Å². The van der Waals surface area contributed by atoms with Crippen molar-refractivity contribution in [1.29, 1.82) is 0 Å². The summed E-state index contributed by atoms with van der Waals surface area (Å²) in [5.41, 5.74) is 0.144. The van der Waals surface area contributed by atoms with E-state index in [0.717, 1.165) is 6.42 Å². The van der Waals surface area contributed by atoms with E-state index in [9.17, 15) is 24.0 Å². The molecule has 1 saturated heterocycles. The number of rotatable bonds is 8. The number of hydroxylamine groups is 2. The van der Waals surface area contributed by atoms with Crippen LogP contribution in [0.15, 0.2) is 0 Å². The van der Waals surface area contributed by atoms with Crippen molar-refractivity contribution in [2.45, 2.75) is 65.8 Å². The SMILES string of the molecule is CC(NC(=O)CC(=O)ON1C(=O)CCC1=O)C(=O)OCCCC(C)(C)C. The molecule has 3 amide bonds. The highest BCUT2D eigenvalue weighted by molar-refractivity contribution is 6.03. The molecule has 0 aromatic rings. The lowest BCUT2D eigenvalue weighted by molar-refractivity contribution is -0.197. The van der Waals surface area contributed by atoms with E-state index in [2.05, 4.69) is 30.9 Å². The molecule has 1 atom stereocenters. The van der Waals surface area contributed by atoms with Crippen LogP contribution in [0.4, 0.5) is 0 Å². The van der Waals surface area contributed by atoms with Gasteiger partial charge in [0.1, 0.15) is 12.5 Å². The van der Waals surface area contributed by atoms with Crippen LogP contribution in [0.2, 0.25) is 0 Å². The van der Waals surface area contributed by atoms with E-state index >= 15 is 0 Å². The predicted octanol–water partition coefficient (Wildman–Crippen LogP) is 0.858. The number of carbonyl (C=O) groups excluding carboxylic acids is 5. The maximum atomic E-state index is 11.8. The van der Waals surface area contributed by atoms with Gasteiger partial charge in [-0.25, -0.2) is 9.59 Å². The molecule has 1 aliphatic heterocycles. The number of hydrogen-bond donors (Lipinski definition) is 1. The zero-order valence-electron chi connectivity index (χ0n) is 15.6. The Morgan fingerprint density at radius 2 is 1.73 bits per heavy atom. The molecule has 0 aromatic heterocycles. The number of carbonyl (C=O) groups is 5. The molecule has 1 fully saturated rings. The van der Waals surface area contributed by atoms with Gasteiger partial charge in [-0.1, -0.05) is 20.8 Å². The van der Waals surface area contributed by atoms with E-state index in [4.69, 9.17) is 4.74 Å². The maximum Gasteiger partial charge on any atom is 0.342 e. The van der Waals surface area contributed by atoms with Crippen molar-refractivity contribution in [2.24, 2.45) is 5.41 Å². The minimum absolute atomic E-state index is 0.0314. The molecule has 26 heavy (non-hydrogen) atoms. The van der Waals surface area contributed by atoms with Gasteiger partial charge in [0.25, 0.3) is 11.8 Å². The average molecular weight is 370 g/mol. The smallest absolute Gasteiger partial charge is 0.342 e. The minimum Gasteiger partial charge on any atom is -0.464 e. The molecule has 1 rings (SSSR count). The maximum absolute atomic E-state index is 11.8. The Kier molecular flexibility index (Phi) is 7.73. The fourth-order valence-corrected chi connectivity index (χ4v) is 2.17. The van der Waals surface area contributed by atoms with Gasteiger partial charge in [0.2, 0.25) is 5.91 Å². The summed E-state index contributed by atoms with van der Waals surface area (Å²) < 4.78 is 5.07. The number of esters is 1. The Morgan fingerprint density at radius 1 is 1.15 bits per heavy atom. The summed E-state index contributed by atoms with van der Waals surface area (Å²) in [6.45, 7) is 7.93. The molecule has 1 aliphatic rings. The van der Waals surface area contributed by atoms with Crippen molar-refractivity contribution in [2.75, 3.05) is 6.61 Å². The van der Waals surface area contributed by atoms with Crippen molar-refractivity contribution < 1.29 is 33.5 Å². The van der Waals surface area contributed by atoms with Crippen molar-refractivity contribution in [1.82, 2.24) is 10.4 Å². The fourth-order valence-electron chi connectivity index (χ4n) is 2.17. The highest BCUT2D eigenvalue weighted by Crippen LogP contribution is 2.20. The van der Waals surface area contributed by atoms with Gasteiger partial charge in [0.15, 0.2) is 0 Å². The Labute approximate surface area is 152 Å². The first kappa shape index (κ1) is 21.6. The first-order chi connectivity index (χ1) is 12.0. The zero-order chi connectivity index (χ0) is 19.9. The van der Waals surface area contributed by atoms with Crippen LogP contribution in [0.3, 0.4) is 0 Å². The van der Waals surface area contributed by atoms with Crippen LogP contribution in [-0.2, 0) is 33.5 Å². The van der Waals surface area contributed by atoms with Crippen LogP contribution in [0.5, 0.6) is 0 Å². The zero-order valence-corrected chi connectivity index (χ0v) is 15.6. The molecular weight excluding hydrogens is 344 g/mol. The number of ether oxygens (including phenoxy) is 1. The molecule has 0 radical (unpaired) electrons. The van der Waals surface area contributed by atoms with E-state index in [0.29, 0.717) is 11.5 Å². The number of amides is 3. The van der Waals surface area contributed by atoms with E-state index < -0.39 is 42.1 Å². The Bertz CT molecular complexity index is 564. The summed E-state index contributed by atoms with van der Waals surface area (Å²) in [4.78, 5) is 62.4. The van der Waals surface area contributed by atoms with Gasteiger partial charge in [-0.2, -0.15) is 0 Å². The van der Waals surface area contributed by atoms with Crippen molar-refractivity contribution >= 4 is 29.7 Å². The summed E-state index contributed by atoms with van der Waals surface area (Å²) in [7, 11) is 0. The molecule has 9 heteroatoms. The van der Waals surface area contributed by atoms with Crippen LogP contribution in [0.1, 0.15) is 59.8 Å². The average Bonchev–Trinajstić information content (AvgIpc) is 2.82. The molecule has 0 aliphatic carbocycles. The highest BCUT2D eigenvalue weighted by Gasteiger charge is 2.33. The topological polar surface area (TPSA) is 119 Å². The Hall–Kier alpha value is -2.45. The fraction of sp³-hybridized carbons (Fsp3) is 0.706. The molecule has 1 heterocycles. The second-order valence-corrected chi connectivity index (χ2v) is 7.34. The molecule has 0 spiro atoms. The van der Waals surface area contributed by atoms with Crippen LogP contribution < -0.4 is 5.32 Å². The second kappa shape index (κ2) is 9.30. The lowest BCUT2D eigenvalue weighted by Gasteiger charge is -2.18. The number of imide groups is 1. The molecule has 146 valence electrons. The lowest BCUT2D eigenvalue weighted by atomic mass is 9.91. The van der Waals surface area contributed by atoms with Crippen LogP contribution in [0, 0.1) is 5.41 Å². The number of nitrogens with zero attached hydrogens (tertiary/aromatic N) is 1. The van der Waals surface area contributed by atoms with E-state index in [1.165, 1.54) is 6.92 Å². The van der Waals surface area contributed by atoms with Crippen LogP contribution in [-0.4, -0.2) is 47.4 Å². The van der Waals surface area contributed by atoms with Crippen molar-refractivity contribution in [3.8, 4) is 0 Å². The van der Waals surface area contributed by atoms with Gasteiger partial charge in [-0.3, -0.25) is 14.4 Å². The van der Waals surface area contributed by atoms with Gasteiger partial charge in [0.05, 0.1) is 6.61 Å². The van der Waals surface area contributed by atoms with Crippen LogP contribution in [0.25, 0.3) is 0 Å². The van der Waals surface area contributed by atoms with Gasteiger partial charge in [-0.05, 0) is 25.2 Å².